The lowest BCUT2D eigenvalue weighted by atomic mass is 10.2. The van der Waals surface area contributed by atoms with Gasteiger partial charge in [-0.15, -0.1) is 0 Å². The highest BCUT2D eigenvalue weighted by Crippen LogP contribution is 1.93. The van der Waals surface area contributed by atoms with Gasteiger partial charge in [0.05, 0.1) is 0 Å². The normalized spacial score (nSPS) is 11.1. The molecular weight excluding hydrogens is 116 g/mol. The smallest absolute Gasteiger partial charge is 0.220 e. The number of hydrogen-bond donors (Lipinski definition) is 0. The number of aldehydes is 1. The summed E-state index contributed by atoms with van der Waals surface area (Å²) in [4.78, 5) is 20.3. The highest BCUT2D eigenvalue weighted by atomic mass is 16.2. The van der Waals surface area contributed by atoms with E-state index < -0.39 is 5.78 Å². The summed E-state index contributed by atoms with van der Waals surface area (Å²) in [6.45, 7) is 3.56. The monoisotopic (exact) mass is 126 g/mol. The lowest BCUT2D eigenvalue weighted by Gasteiger charge is -1.87. The molecule has 0 saturated carbocycles. The average Bonchev–Trinajstić information content (AvgIpc) is 1.87. The van der Waals surface area contributed by atoms with E-state index in [9.17, 15) is 9.59 Å². The molecule has 0 aromatic heterocycles. The van der Waals surface area contributed by atoms with E-state index in [1.165, 1.54) is 0 Å². The zero-order valence-corrected chi connectivity index (χ0v) is 5.68. The fourth-order valence-corrected chi connectivity index (χ4v) is 0.500. The largest absolute Gasteiger partial charge is 0.294 e. The van der Waals surface area contributed by atoms with E-state index in [0.717, 1.165) is 6.42 Å². The molecule has 0 aliphatic heterocycles. The predicted octanol–water partition coefficient (Wildman–Crippen LogP) is 1.11. The van der Waals surface area contributed by atoms with Crippen molar-refractivity contribution in [2.75, 3.05) is 0 Å². The summed E-state index contributed by atoms with van der Waals surface area (Å²) < 4.78 is 0. The van der Waals surface area contributed by atoms with Gasteiger partial charge in [0.15, 0.2) is 6.29 Å². The molecule has 0 bridgehead atoms. The first-order valence-electron chi connectivity index (χ1n) is 2.88. The molecule has 9 heavy (non-hydrogen) atoms. The van der Waals surface area contributed by atoms with Crippen LogP contribution < -0.4 is 0 Å². The molecule has 2 nitrogen and oxygen atoms in total. The van der Waals surface area contributed by atoms with Crippen LogP contribution in [0.3, 0.4) is 0 Å². The molecule has 2 heteroatoms. The third kappa shape index (κ3) is 2.80. The van der Waals surface area contributed by atoms with Crippen LogP contribution in [0.1, 0.15) is 20.3 Å². The molecular formula is C7H10O2. The van der Waals surface area contributed by atoms with Crippen LogP contribution in [0, 0.1) is 0 Å². The Kier molecular flexibility index (Phi) is 3.60. The van der Waals surface area contributed by atoms with Gasteiger partial charge < -0.3 is 0 Å². The van der Waals surface area contributed by atoms with E-state index in [0.29, 0.717) is 11.9 Å². The van der Waals surface area contributed by atoms with Gasteiger partial charge in [-0.25, -0.2) is 0 Å². The third-order valence-electron chi connectivity index (χ3n) is 1.01. The van der Waals surface area contributed by atoms with Crippen molar-refractivity contribution in [2.45, 2.75) is 20.3 Å². The molecule has 0 unspecified atom stereocenters. The Bertz CT molecular complexity index is 145. The second-order valence-corrected chi connectivity index (χ2v) is 1.78. The van der Waals surface area contributed by atoms with Gasteiger partial charge in [0.25, 0.3) is 0 Å². The van der Waals surface area contributed by atoms with Gasteiger partial charge in [0.1, 0.15) is 0 Å². The maximum Gasteiger partial charge on any atom is 0.220 e. The minimum absolute atomic E-state index is 0.335. The van der Waals surface area contributed by atoms with Crippen LogP contribution in [0.4, 0.5) is 0 Å². The van der Waals surface area contributed by atoms with E-state index in [2.05, 4.69) is 0 Å². The number of hydrogen-bond acceptors (Lipinski definition) is 2. The van der Waals surface area contributed by atoms with E-state index in [1.807, 2.05) is 6.92 Å². The number of carbonyl (C=O) groups is 2. The molecule has 0 fully saturated rings. The van der Waals surface area contributed by atoms with Crippen molar-refractivity contribution in [3.05, 3.63) is 11.6 Å². The van der Waals surface area contributed by atoms with E-state index in [1.54, 1.807) is 13.0 Å². The standard InChI is InChI=1S/C7H10O2/c1-3-4-6(2)7(9)5-8/h4-5H,3H2,1-2H3/b6-4+. The van der Waals surface area contributed by atoms with Gasteiger partial charge in [-0.05, 0) is 18.9 Å². The van der Waals surface area contributed by atoms with Crippen molar-refractivity contribution in [3.63, 3.8) is 0 Å². The Hall–Kier alpha value is -0.920. The summed E-state index contributed by atoms with van der Waals surface area (Å²) in [6.07, 6.45) is 2.86. The van der Waals surface area contributed by atoms with Gasteiger partial charge >= 0.3 is 0 Å². The average molecular weight is 126 g/mol. The SMILES string of the molecule is CC/C=C(\C)C(=O)C=O. The number of Topliss-reactive ketones (excluding diaryl/α,β-unsaturated/α-hetero) is 1. The van der Waals surface area contributed by atoms with Gasteiger partial charge in [0, 0.05) is 0 Å². The molecule has 0 N–H and O–H groups in total. The van der Waals surface area contributed by atoms with Crippen molar-refractivity contribution < 1.29 is 9.59 Å². The van der Waals surface area contributed by atoms with E-state index >= 15 is 0 Å². The molecule has 50 valence electrons. The molecule has 0 aromatic rings. The van der Waals surface area contributed by atoms with Crippen molar-refractivity contribution in [2.24, 2.45) is 0 Å². The minimum atomic E-state index is -0.420. The van der Waals surface area contributed by atoms with Crippen molar-refractivity contribution in [1.82, 2.24) is 0 Å². The maximum atomic E-state index is 10.5. The van der Waals surface area contributed by atoms with Crippen LogP contribution >= 0.6 is 0 Å². The Morgan fingerprint density at radius 2 is 2.11 bits per heavy atom. The summed E-state index contributed by atoms with van der Waals surface area (Å²) in [7, 11) is 0. The molecule has 0 aliphatic rings. The molecule has 0 amide bonds. The molecule has 0 saturated heterocycles. The highest BCUT2D eigenvalue weighted by Gasteiger charge is 1.98. The predicted molar refractivity (Wildman–Crippen MR) is 35.1 cm³/mol. The van der Waals surface area contributed by atoms with Crippen molar-refractivity contribution in [3.8, 4) is 0 Å². The Morgan fingerprint density at radius 3 is 2.44 bits per heavy atom. The van der Waals surface area contributed by atoms with Crippen LogP contribution in [0.2, 0.25) is 0 Å². The Morgan fingerprint density at radius 1 is 1.56 bits per heavy atom. The van der Waals surface area contributed by atoms with Crippen LogP contribution in [-0.2, 0) is 9.59 Å². The first-order chi connectivity index (χ1) is 4.22. The second kappa shape index (κ2) is 4.01. The quantitative estimate of drug-likeness (QED) is 0.322. The van der Waals surface area contributed by atoms with Crippen molar-refractivity contribution >= 4 is 12.1 Å². The summed E-state index contributed by atoms with van der Waals surface area (Å²) >= 11 is 0. The van der Waals surface area contributed by atoms with Gasteiger partial charge in [0.2, 0.25) is 5.78 Å². The van der Waals surface area contributed by atoms with Gasteiger partial charge in [-0.1, -0.05) is 13.0 Å². The first-order valence-corrected chi connectivity index (χ1v) is 2.88. The zero-order chi connectivity index (χ0) is 7.28. The fourth-order valence-electron chi connectivity index (χ4n) is 0.500. The molecule has 0 aliphatic carbocycles. The lowest BCUT2D eigenvalue weighted by molar-refractivity contribution is -0.127. The molecule has 0 heterocycles. The Labute approximate surface area is 54.6 Å². The number of ketones is 1. The van der Waals surface area contributed by atoms with Crippen LogP contribution in [-0.4, -0.2) is 12.1 Å². The zero-order valence-electron chi connectivity index (χ0n) is 5.68. The second-order valence-electron chi connectivity index (χ2n) is 1.78. The van der Waals surface area contributed by atoms with Crippen LogP contribution in [0.25, 0.3) is 0 Å². The molecule has 0 spiro atoms. The fraction of sp³-hybridized carbons (Fsp3) is 0.429. The topological polar surface area (TPSA) is 34.1 Å². The first kappa shape index (κ1) is 8.08. The van der Waals surface area contributed by atoms with E-state index in [-0.39, 0.29) is 0 Å². The summed E-state index contributed by atoms with van der Waals surface area (Å²) in [5.74, 6) is -0.420. The summed E-state index contributed by atoms with van der Waals surface area (Å²) in [5.41, 5.74) is 0.535. The molecule has 0 rings (SSSR count). The number of allylic oxidation sites excluding steroid dienone is 2. The highest BCUT2D eigenvalue weighted by molar-refractivity contribution is 6.32. The van der Waals surface area contributed by atoms with Crippen LogP contribution in [0.15, 0.2) is 11.6 Å². The number of carbonyl (C=O) groups excluding carboxylic acids is 2. The molecule has 0 radical (unpaired) electrons. The number of rotatable bonds is 3. The van der Waals surface area contributed by atoms with Gasteiger partial charge in [-0.2, -0.15) is 0 Å². The maximum absolute atomic E-state index is 10.5. The van der Waals surface area contributed by atoms with Gasteiger partial charge in [-0.3, -0.25) is 9.59 Å². The Balaban J connectivity index is 4.01. The lowest BCUT2D eigenvalue weighted by Crippen LogP contribution is -1.99. The molecule has 0 aromatic carbocycles. The summed E-state index contributed by atoms with van der Waals surface area (Å²) in [5, 5.41) is 0. The van der Waals surface area contributed by atoms with Crippen LogP contribution in [0.5, 0.6) is 0 Å². The minimum Gasteiger partial charge on any atom is -0.294 e. The van der Waals surface area contributed by atoms with Crippen molar-refractivity contribution in [1.29, 1.82) is 0 Å². The van der Waals surface area contributed by atoms with E-state index in [4.69, 9.17) is 0 Å². The third-order valence-corrected chi connectivity index (χ3v) is 1.01. The molecule has 0 atom stereocenters. The summed E-state index contributed by atoms with van der Waals surface area (Å²) in [6, 6.07) is 0.